The molecule has 2 aliphatic heterocycles. The number of nitro benzene ring substituents is 1. The molecule has 3 amide bonds. The number of anilines is 1. The number of carboxylic acid groups (broad SMARTS) is 1. The lowest BCUT2D eigenvalue weighted by Gasteiger charge is -2.45. The summed E-state index contributed by atoms with van der Waals surface area (Å²) in [5.41, 5.74) is -0.145. The first-order valence-corrected chi connectivity index (χ1v) is 18.1. The number of aliphatic carboxylic acids is 1. The van der Waals surface area contributed by atoms with Gasteiger partial charge in [-0.1, -0.05) is 13.0 Å². The highest BCUT2D eigenvalue weighted by Crippen LogP contribution is 2.37. The molecule has 0 saturated carbocycles. The number of nitro groups is 1. The molecule has 2 saturated heterocycles. The van der Waals surface area contributed by atoms with Crippen LogP contribution in [0, 0.1) is 27.4 Å². The van der Waals surface area contributed by atoms with Crippen LogP contribution in [0.15, 0.2) is 36.8 Å². The molecule has 312 valence electrons. The molecule has 0 unspecified atom stereocenters. The molecule has 22 heteroatoms. The Hall–Kier alpha value is -6.15. The molecule has 3 aromatic rings. The van der Waals surface area contributed by atoms with Crippen LogP contribution in [-0.2, 0) is 25.7 Å². The number of carbonyl (C=O) groups excluding carboxylic acids is 3. The van der Waals surface area contributed by atoms with Crippen molar-refractivity contribution in [3.05, 3.63) is 52.5 Å². The number of likely N-dealkylation sites (tertiary alicyclic amines) is 1. The van der Waals surface area contributed by atoms with Gasteiger partial charge >= 0.3 is 23.8 Å². The number of likely N-dealkylation sites (N-methyl/N-ethyl adjacent to an activating group) is 3. The Morgan fingerprint density at radius 3 is 2.48 bits per heavy atom. The summed E-state index contributed by atoms with van der Waals surface area (Å²) in [6, 6.07) is 6.56. The summed E-state index contributed by atoms with van der Waals surface area (Å²) in [4.78, 5) is 76.6. The Morgan fingerprint density at radius 1 is 1.10 bits per heavy atom. The summed E-state index contributed by atoms with van der Waals surface area (Å²) in [6.45, 7) is 3.82. The molecule has 0 spiro atoms. The van der Waals surface area contributed by atoms with Gasteiger partial charge in [0.1, 0.15) is 43.5 Å². The summed E-state index contributed by atoms with van der Waals surface area (Å²) in [5, 5.41) is 61.6. The molecule has 22 nitrogen and oxygen atoms in total. The van der Waals surface area contributed by atoms with Gasteiger partial charge < -0.3 is 54.2 Å². The summed E-state index contributed by atoms with van der Waals surface area (Å²) in [7, 11) is 4.85. The maximum absolute atomic E-state index is 13.6. The van der Waals surface area contributed by atoms with Gasteiger partial charge in [-0.15, -0.1) is 0 Å². The summed E-state index contributed by atoms with van der Waals surface area (Å²) in [5.74, 6) is -3.90. The number of rotatable bonds is 12. The maximum atomic E-state index is 13.6. The molecule has 2 fully saturated rings. The van der Waals surface area contributed by atoms with Gasteiger partial charge in [-0.3, -0.25) is 19.5 Å². The zero-order valence-corrected chi connectivity index (χ0v) is 32.4. The van der Waals surface area contributed by atoms with Crippen molar-refractivity contribution in [2.24, 2.45) is 5.92 Å². The Bertz CT molecular complexity index is 2090. The summed E-state index contributed by atoms with van der Waals surface area (Å²) >= 11 is 0. The number of nitriles is 1. The normalized spacial score (nSPS) is 24.4. The lowest BCUT2D eigenvalue weighted by molar-refractivity contribution is -0.388. The van der Waals surface area contributed by atoms with Gasteiger partial charge in [0.05, 0.1) is 22.4 Å². The predicted molar refractivity (Wildman–Crippen MR) is 199 cm³/mol. The molecule has 1 aromatic carbocycles. The quantitative estimate of drug-likeness (QED) is 0.145. The van der Waals surface area contributed by atoms with Crippen LogP contribution in [0.5, 0.6) is 5.75 Å². The van der Waals surface area contributed by atoms with Crippen molar-refractivity contribution in [1.82, 2.24) is 29.2 Å². The average molecular weight is 812 g/mol. The summed E-state index contributed by atoms with van der Waals surface area (Å²) in [6.07, 6.45) is -5.36. The topological polar surface area (TPSA) is 287 Å². The van der Waals surface area contributed by atoms with E-state index < -0.39 is 71.3 Å². The fraction of sp³-hybridized carbons (Fsp3) is 0.528. The van der Waals surface area contributed by atoms with E-state index in [0.717, 1.165) is 25.5 Å². The minimum Gasteiger partial charge on any atom is -0.479 e. The number of amides is 3. The monoisotopic (exact) mass is 811 g/mol. The van der Waals surface area contributed by atoms with Gasteiger partial charge in [0.15, 0.2) is 11.8 Å². The predicted octanol–water partition coefficient (Wildman–Crippen LogP) is 0.756. The second-order valence-corrected chi connectivity index (χ2v) is 14.4. The molecular weight excluding hydrogens is 766 g/mol. The first-order chi connectivity index (χ1) is 27.4. The van der Waals surface area contributed by atoms with Crippen LogP contribution in [0.4, 0.5) is 21.1 Å². The van der Waals surface area contributed by atoms with Crippen LogP contribution >= 0.6 is 0 Å². The van der Waals surface area contributed by atoms with E-state index >= 15 is 0 Å². The largest absolute Gasteiger partial charge is 0.479 e. The molecule has 0 radical (unpaired) electrons. The fourth-order valence-electron chi connectivity index (χ4n) is 6.86. The van der Waals surface area contributed by atoms with Crippen molar-refractivity contribution in [3.8, 4) is 11.8 Å². The van der Waals surface area contributed by atoms with Crippen molar-refractivity contribution in [1.29, 1.82) is 5.26 Å². The van der Waals surface area contributed by atoms with Crippen molar-refractivity contribution >= 4 is 46.5 Å². The Balaban J connectivity index is 1.18. The first-order valence-electron chi connectivity index (χ1n) is 18.1. The number of aliphatic hydroxyl groups excluding tert-OH is 3. The van der Waals surface area contributed by atoms with Crippen LogP contribution < -0.4 is 9.64 Å². The van der Waals surface area contributed by atoms with E-state index in [9.17, 15) is 49.7 Å². The van der Waals surface area contributed by atoms with Gasteiger partial charge in [0.2, 0.25) is 17.4 Å². The Labute approximate surface area is 331 Å². The molecule has 4 N–H and O–H groups in total. The second-order valence-electron chi connectivity index (χ2n) is 14.4. The van der Waals surface area contributed by atoms with E-state index in [4.69, 9.17) is 19.5 Å². The van der Waals surface area contributed by atoms with E-state index in [2.05, 4.69) is 16.9 Å². The van der Waals surface area contributed by atoms with E-state index in [-0.39, 0.29) is 42.9 Å². The standard InChI is InChI=1S/C36H45N9O13/c1-20-9-12-43(26(46)8-11-37)17-24(20)42(5)31-22-10-13-44(32(22)39-19-38-31)34(52)40(3)14-15-41(4)35(53)56-18-21-6-7-25(23(16-21)45(54)55)57-36(2)30(49)28(48)27(47)29(58-36)33(50)51/h6-7,10,13,16,19-20,24,27-30,47-49H,8-9,12,14-15,17-18H2,1-5H3,(H,50,51)/t20-,24+,27+,28+,29+,30-,36-/m1/s1. The zero-order valence-electron chi connectivity index (χ0n) is 32.4. The molecule has 58 heavy (non-hydrogen) atoms. The van der Waals surface area contributed by atoms with E-state index in [0.29, 0.717) is 29.9 Å². The van der Waals surface area contributed by atoms with Crippen LogP contribution in [0.25, 0.3) is 11.0 Å². The van der Waals surface area contributed by atoms with Crippen molar-refractivity contribution in [2.45, 2.75) is 69.5 Å². The highest BCUT2D eigenvalue weighted by atomic mass is 16.7. The summed E-state index contributed by atoms with van der Waals surface area (Å²) < 4.78 is 17.4. The second kappa shape index (κ2) is 17.6. The van der Waals surface area contributed by atoms with Gasteiger partial charge in [0.25, 0.3) is 0 Å². The molecule has 7 atom stereocenters. The number of aliphatic hydroxyl groups is 3. The number of carboxylic acids is 1. The SMILES string of the molecule is C[C@@H]1CCN(C(=O)CC#N)C[C@@H]1N(C)c1ncnc2c1ccn2C(=O)N(C)CCN(C)C(=O)OCc1ccc(O[C@]2(C)O[C@H](C(=O)O)[C@@H](O)[C@H](O)[C@H]2O)c([N+](=O)[O-])c1. The smallest absolute Gasteiger partial charge is 0.409 e. The lowest BCUT2D eigenvalue weighted by Crippen LogP contribution is -2.67. The van der Waals surface area contributed by atoms with Crippen LogP contribution in [0.1, 0.15) is 32.3 Å². The van der Waals surface area contributed by atoms with Crippen molar-refractivity contribution in [2.75, 3.05) is 52.2 Å². The molecule has 2 aromatic heterocycles. The number of carbonyl (C=O) groups is 4. The fourth-order valence-corrected chi connectivity index (χ4v) is 6.86. The van der Waals surface area contributed by atoms with Crippen LogP contribution in [0.3, 0.4) is 0 Å². The molecule has 5 rings (SSSR count). The van der Waals surface area contributed by atoms with Gasteiger partial charge in [-0.2, -0.15) is 5.26 Å². The number of hydrogen-bond acceptors (Lipinski definition) is 16. The Morgan fingerprint density at radius 2 is 1.81 bits per heavy atom. The van der Waals surface area contributed by atoms with Crippen LogP contribution in [0.2, 0.25) is 0 Å². The lowest BCUT2D eigenvalue weighted by atomic mass is 9.92. The molecule has 0 bridgehead atoms. The number of piperidine rings is 1. The molecule has 4 heterocycles. The third-order valence-corrected chi connectivity index (χ3v) is 10.4. The van der Waals surface area contributed by atoms with E-state index in [1.165, 1.54) is 33.8 Å². The van der Waals surface area contributed by atoms with E-state index in [1.54, 1.807) is 24.2 Å². The number of aromatic nitrogens is 3. The van der Waals surface area contributed by atoms with Crippen molar-refractivity contribution in [3.63, 3.8) is 0 Å². The molecule has 0 aliphatic carbocycles. The van der Waals surface area contributed by atoms with Gasteiger partial charge in [0, 0.05) is 66.5 Å². The third kappa shape index (κ3) is 8.86. The molecule has 2 aliphatic rings. The first kappa shape index (κ1) is 43.0. The highest BCUT2D eigenvalue weighted by molar-refractivity contribution is 5.95. The van der Waals surface area contributed by atoms with Gasteiger partial charge in [-0.05, 0) is 30.0 Å². The minimum absolute atomic E-state index is 0.0373. The number of benzene rings is 1. The number of nitrogens with zero attached hydrogens (tertiary/aromatic N) is 9. The maximum Gasteiger partial charge on any atom is 0.409 e. The Kier molecular flexibility index (Phi) is 13.0. The molecular formula is C36H45N9O13. The van der Waals surface area contributed by atoms with Crippen LogP contribution in [-0.4, -0.2) is 162 Å². The number of hydrogen-bond donors (Lipinski definition) is 4. The minimum atomic E-state index is -2.32. The highest BCUT2D eigenvalue weighted by Gasteiger charge is 2.55. The van der Waals surface area contributed by atoms with Gasteiger partial charge in [-0.25, -0.2) is 24.4 Å². The van der Waals surface area contributed by atoms with Crippen molar-refractivity contribution < 1.29 is 58.7 Å². The number of fused-ring (bicyclic) bond motifs is 1. The zero-order chi connectivity index (χ0) is 42.6. The van der Waals surface area contributed by atoms with E-state index in [1.807, 2.05) is 18.0 Å². The third-order valence-electron chi connectivity index (χ3n) is 10.4. The number of ether oxygens (including phenoxy) is 3. The average Bonchev–Trinajstić information content (AvgIpc) is 3.64.